The number of ether oxygens (including phenoxy) is 3. The number of fused-ring (bicyclic) bond motifs is 2. The second-order valence-electron chi connectivity index (χ2n) is 7.74. The summed E-state index contributed by atoms with van der Waals surface area (Å²) in [6, 6.07) is 9.19. The van der Waals surface area contributed by atoms with Crippen molar-refractivity contribution in [3.8, 4) is 11.5 Å². The van der Waals surface area contributed by atoms with Crippen molar-refractivity contribution in [3.05, 3.63) is 59.2 Å². The molecular formula is C22H26F2NO4P. The summed E-state index contributed by atoms with van der Waals surface area (Å²) in [6.45, 7) is 1.27. The van der Waals surface area contributed by atoms with Gasteiger partial charge in [-0.25, -0.2) is 8.78 Å². The molecule has 0 saturated carbocycles. The predicted molar refractivity (Wildman–Crippen MR) is 112 cm³/mol. The Morgan fingerprint density at radius 3 is 2.17 bits per heavy atom. The maximum Gasteiger partial charge on any atom is 0.127 e. The summed E-state index contributed by atoms with van der Waals surface area (Å²) in [5.41, 5.74) is 1.85. The number of epoxide rings is 1. The lowest BCUT2D eigenvalue weighted by molar-refractivity contribution is 0.0278. The summed E-state index contributed by atoms with van der Waals surface area (Å²) < 4.78 is 42.4. The van der Waals surface area contributed by atoms with E-state index < -0.39 is 6.10 Å². The molecule has 2 unspecified atom stereocenters. The smallest absolute Gasteiger partial charge is 0.127 e. The Hall–Kier alpha value is -1.79. The van der Waals surface area contributed by atoms with Crippen molar-refractivity contribution in [2.75, 3.05) is 13.2 Å². The molecule has 5 atom stereocenters. The summed E-state index contributed by atoms with van der Waals surface area (Å²) in [6.07, 6.45) is 2.96. The van der Waals surface area contributed by atoms with E-state index in [0.29, 0.717) is 18.7 Å². The Balaban J connectivity index is 0.000000146. The van der Waals surface area contributed by atoms with E-state index in [9.17, 15) is 13.9 Å². The van der Waals surface area contributed by atoms with Gasteiger partial charge in [0, 0.05) is 6.54 Å². The average molecular weight is 437 g/mol. The van der Waals surface area contributed by atoms with Gasteiger partial charge in [0.05, 0.1) is 6.61 Å². The molecule has 3 aliphatic rings. The molecule has 8 heteroatoms. The van der Waals surface area contributed by atoms with Crippen LogP contribution >= 0.6 is 9.39 Å². The second kappa shape index (κ2) is 9.56. The molecule has 1 fully saturated rings. The lowest BCUT2D eigenvalue weighted by Gasteiger charge is -2.29. The van der Waals surface area contributed by atoms with Gasteiger partial charge in [-0.2, -0.15) is 0 Å². The third kappa shape index (κ3) is 5.27. The number of aliphatic hydroxyl groups excluding tert-OH is 1. The van der Waals surface area contributed by atoms with E-state index >= 15 is 0 Å². The second-order valence-corrected chi connectivity index (χ2v) is 8.15. The zero-order chi connectivity index (χ0) is 21.1. The normalized spacial score (nSPS) is 24.9. The highest BCUT2D eigenvalue weighted by Crippen LogP contribution is 2.32. The number of rotatable bonds is 4. The van der Waals surface area contributed by atoms with E-state index in [2.05, 4.69) is 14.5 Å². The summed E-state index contributed by atoms with van der Waals surface area (Å²) in [7, 11) is 2.35. The first-order valence-corrected chi connectivity index (χ1v) is 10.7. The first-order chi connectivity index (χ1) is 14.5. The third-order valence-corrected chi connectivity index (χ3v) is 5.76. The van der Waals surface area contributed by atoms with E-state index in [0.717, 1.165) is 42.7 Å². The van der Waals surface area contributed by atoms with Crippen molar-refractivity contribution in [1.82, 2.24) is 5.09 Å². The Morgan fingerprint density at radius 2 is 1.57 bits per heavy atom. The standard InChI is InChI=1S/C11H15FNO2P.C11H11FO2/c12-8-2-4-10-7(5-8)1-3-11(15-10)9(14)6-13-16;12-8-2-4-9-7(5-8)1-3-10(14-9)11-6-13-11/h2,4-5,9,11,13-14H,1,3,6,16H2;2,4-5,10-11H,1,3,6H2/t9-,11-;10-,11?/m11/s1. The van der Waals surface area contributed by atoms with Gasteiger partial charge >= 0.3 is 0 Å². The summed E-state index contributed by atoms with van der Waals surface area (Å²) >= 11 is 0. The van der Waals surface area contributed by atoms with Crippen molar-refractivity contribution in [3.63, 3.8) is 0 Å². The Labute approximate surface area is 177 Å². The topological polar surface area (TPSA) is 63.2 Å². The first kappa shape index (κ1) is 21.4. The molecule has 2 aromatic carbocycles. The fourth-order valence-electron chi connectivity index (χ4n) is 3.81. The van der Waals surface area contributed by atoms with E-state index in [1.165, 1.54) is 18.2 Å². The van der Waals surface area contributed by atoms with Gasteiger partial charge < -0.3 is 19.3 Å². The summed E-state index contributed by atoms with van der Waals surface area (Å²) in [5, 5.41) is 12.6. The minimum Gasteiger partial charge on any atom is -0.487 e. The molecule has 0 bridgehead atoms. The lowest BCUT2D eigenvalue weighted by atomic mass is 9.99. The monoisotopic (exact) mass is 437 g/mol. The summed E-state index contributed by atoms with van der Waals surface area (Å²) in [4.78, 5) is 0. The predicted octanol–water partition coefficient (Wildman–Crippen LogP) is 3.18. The van der Waals surface area contributed by atoms with Gasteiger partial charge in [-0.05, 0) is 73.2 Å². The maximum absolute atomic E-state index is 13.0. The molecule has 2 N–H and O–H groups in total. The van der Waals surface area contributed by atoms with Crippen LogP contribution in [-0.4, -0.2) is 42.7 Å². The summed E-state index contributed by atoms with van der Waals surface area (Å²) in [5.74, 6) is 1.07. The largest absolute Gasteiger partial charge is 0.487 e. The Bertz CT molecular complexity index is 880. The molecule has 0 spiro atoms. The van der Waals surface area contributed by atoms with Crippen LogP contribution in [0.3, 0.4) is 0 Å². The molecule has 5 rings (SSSR count). The molecular weight excluding hydrogens is 411 g/mol. The molecule has 1 saturated heterocycles. The minimum atomic E-state index is -0.546. The number of aliphatic hydroxyl groups is 1. The molecule has 5 nitrogen and oxygen atoms in total. The van der Waals surface area contributed by atoms with Crippen LogP contribution in [0.1, 0.15) is 24.0 Å². The van der Waals surface area contributed by atoms with E-state index in [-0.39, 0.29) is 29.9 Å². The molecule has 30 heavy (non-hydrogen) atoms. The molecule has 162 valence electrons. The van der Waals surface area contributed by atoms with Crippen LogP contribution in [0.15, 0.2) is 36.4 Å². The van der Waals surface area contributed by atoms with E-state index in [1.807, 2.05) is 0 Å². The fourth-order valence-corrected chi connectivity index (χ4v) is 4.05. The third-order valence-electron chi connectivity index (χ3n) is 5.53. The number of hydrogen-bond donors (Lipinski definition) is 2. The lowest BCUT2D eigenvalue weighted by Crippen LogP contribution is -2.39. The molecule has 0 radical (unpaired) electrons. The highest BCUT2D eigenvalue weighted by Gasteiger charge is 2.36. The highest BCUT2D eigenvalue weighted by atomic mass is 31.0. The molecule has 2 aromatic rings. The zero-order valence-corrected chi connectivity index (χ0v) is 17.7. The van der Waals surface area contributed by atoms with Crippen molar-refractivity contribution >= 4 is 9.39 Å². The maximum atomic E-state index is 13.0. The first-order valence-electron chi connectivity index (χ1n) is 10.2. The minimum absolute atomic E-state index is 0.174. The van der Waals surface area contributed by atoms with Crippen LogP contribution in [-0.2, 0) is 17.6 Å². The van der Waals surface area contributed by atoms with Crippen molar-refractivity contribution in [2.24, 2.45) is 0 Å². The van der Waals surface area contributed by atoms with Gasteiger partial charge in [0.15, 0.2) is 0 Å². The van der Waals surface area contributed by atoms with Gasteiger partial charge in [0.25, 0.3) is 0 Å². The van der Waals surface area contributed by atoms with E-state index in [4.69, 9.17) is 14.2 Å². The number of nitrogens with one attached hydrogen (secondary N) is 1. The van der Waals surface area contributed by atoms with Crippen molar-refractivity contribution < 1.29 is 28.1 Å². The average Bonchev–Trinajstić information content (AvgIpc) is 3.59. The van der Waals surface area contributed by atoms with Gasteiger partial charge in [0.2, 0.25) is 0 Å². The SMILES string of the molecule is Fc1ccc2c(c1)CC[C@H](C1CO1)O2.O[C@H](CNP)[C@H]1CCc2cc(F)ccc2O1. The van der Waals surface area contributed by atoms with Gasteiger partial charge in [-0.3, -0.25) is 5.09 Å². The molecule has 0 aliphatic carbocycles. The molecule has 3 aliphatic heterocycles. The van der Waals surface area contributed by atoms with Crippen LogP contribution in [0, 0.1) is 11.6 Å². The Morgan fingerprint density at radius 1 is 0.967 bits per heavy atom. The number of aryl methyl sites for hydroxylation is 2. The Kier molecular flexibility index (Phi) is 6.84. The van der Waals surface area contributed by atoms with Crippen LogP contribution in [0.25, 0.3) is 0 Å². The van der Waals surface area contributed by atoms with Crippen LogP contribution < -0.4 is 14.6 Å². The molecule has 3 heterocycles. The van der Waals surface area contributed by atoms with Crippen LogP contribution in [0.5, 0.6) is 11.5 Å². The molecule has 0 aromatic heterocycles. The highest BCUT2D eigenvalue weighted by molar-refractivity contribution is 7.13. The van der Waals surface area contributed by atoms with Gasteiger partial charge in [-0.1, -0.05) is 9.39 Å². The fraction of sp³-hybridized carbons (Fsp3) is 0.455. The number of benzene rings is 2. The van der Waals surface area contributed by atoms with Crippen LogP contribution in [0.2, 0.25) is 0 Å². The van der Waals surface area contributed by atoms with Gasteiger partial charge in [-0.15, -0.1) is 0 Å². The number of hydrogen-bond acceptors (Lipinski definition) is 5. The van der Waals surface area contributed by atoms with E-state index in [1.54, 1.807) is 18.2 Å². The van der Waals surface area contributed by atoms with Crippen molar-refractivity contribution in [2.45, 2.75) is 50.1 Å². The zero-order valence-electron chi connectivity index (χ0n) is 16.5. The number of halogens is 2. The van der Waals surface area contributed by atoms with Crippen LogP contribution in [0.4, 0.5) is 8.78 Å². The van der Waals surface area contributed by atoms with Crippen molar-refractivity contribution in [1.29, 1.82) is 0 Å². The molecule has 0 amide bonds. The quantitative estimate of drug-likeness (QED) is 0.568. The van der Waals surface area contributed by atoms with Gasteiger partial charge in [0.1, 0.15) is 47.5 Å².